The first-order valence-corrected chi connectivity index (χ1v) is 6.32. The van der Waals surface area contributed by atoms with Crippen molar-refractivity contribution in [3.63, 3.8) is 0 Å². The van der Waals surface area contributed by atoms with Crippen molar-refractivity contribution in [2.24, 2.45) is 7.05 Å². The average molecular weight is 320 g/mol. The molecule has 96 valence electrons. The molecule has 0 saturated heterocycles. The van der Waals surface area contributed by atoms with E-state index in [0.717, 1.165) is 4.47 Å². The fourth-order valence-corrected chi connectivity index (χ4v) is 2.09. The van der Waals surface area contributed by atoms with Crippen molar-refractivity contribution >= 4 is 21.6 Å². The monoisotopic (exact) mass is 319 g/mol. The molecule has 0 fully saturated rings. The third-order valence-electron chi connectivity index (χ3n) is 2.73. The zero-order valence-electron chi connectivity index (χ0n) is 10.0. The van der Waals surface area contributed by atoms with Crippen LogP contribution in [0.2, 0.25) is 0 Å². The number of para-hydroxylation sites is 1. The second kappa shape index (κ2) is 4.51. The number of aromatic nitrogens is 4. The summed E-state index contributed by atoms with van der Waals surface area (Å²) < 4.78 is 7.86. The van der Waals surface area contributed by atoms with Crippen LogP contribution in [0.15, 0.2) is 39.6 Å². The highest BCUT2D eigenvalue weighted by molar-refractivity contribution is 9.10. The molecule has 0 unspecified atom stereocenters. The molecule has 2 N–H and O–H groups in total. The van der Waals surface area contributed by atoms with E-state index in [-0.39, 0.29) is 0 Å². The van der Waals surface area contributed by atoms with Gasteiger partial charge in [-0.25, -0.2) is 4.98 Å². The quantitative estimate of drug-likeness (QED) is 0.734. The van der Waals surface area contributed by atoms with Gasteiger partial charge in [-0.3, -0.25) is 0 Å². The van der Waals surface area contributed by atoms with Gasteiger partial charge in [-0.15, -0.1) is 0 Å². The molecule has 0 amide bonds. The van der Waals surface area contributed by atoms with Crippen molar-refractivity contribution in [1.82, 2.24) is 19.7 Å². The smallest absolute Gasteiger partial charge is 0.260 e. The molecule has 0 radical (unpaired) electrons. The van der Waals surface area contributed by atoms with Crippen LogP contribution in [0, 0.1) is 0 Å². The molecule has 0 aliphatic heterocycles. The molecular formula is C12H10BrN5O. The molecule has 0 atom stereocenters. The maximum absolute atomic E-state index is 5.98. The molecule has 3 rings (SSSR count). The molecule has 6 nitrogen and oxygen atoms in total. The summed E-state index contributed by atoms with van der Waals surface area (Å²) in [5, 5.41) is 3.93. The molecule has 0 saturated carbocycles. The molecule has 2 heterocycles. The van der Waals surface area contributed by atoms with Crippen molar-refractivity contribution in [2.75, 3.05) is 5.73 Å². The van der Waals surface area contributed by atoms with Gasteiger partial charge in [0.2, 0.25) is 5.82 Å². The first-order chi connectivity index (χ1) is 9.16. The van der Waals surface area contributed by atoms with E-state index in [4.69, 9.17) is 10.3 Å². The molecule has 0 aliphatic rings. The summed E-state index contributed by atoms with van der Waals surface area (Å²) in [6, 6.07) is 5.55. The first kappa shape index (κ1) is 11.9. The topological polar surface area (TPSA) is 82.8 Å². The fourth-order valence-electron chi connectivity index (χ4n) is 1.73. The van der Waals surface area contributed by atoms with Crippen LogP contribution in [0.25, 0.3) is 23.1 Å². The number of imidazole rings is 1. The van der Waals surface area contributed by atoms with E-state index >= 15 is 0 Å². The van der Waals surface area contributed by atoms with Crippen molar-refractivity contribution in [3.05, 3.63) is 35.1 Å². The number of halogens is 1. The van der Waals surface area contributed by atoms with Crippen LogP contribution in [-0.4, -0.2) is 19.7 Å². The van der Waals surface area contributed by atoms with Gasteiger partial charge < -0.3 is 14.8 Å². The van der Waals surface area contributed by atoms with Crippen molar-refractivity contribution in [2.45, 2.75) is 0 Å². The Balaban J connectivity index is 2.07. The highest BCUT2D eigenvalue weighted by Crippen LogP contribution is 2.31. The van der Waals surface area contributed by atoms with Crippen molar-refractivity contribution in [3.8, 4) is 23.1 Å². The van der Waals surface area contributed by atoms with Crippen LogP contribution < -0.4 is 5.73 Å². The Morgan fingerprint density at radius 1 is 1.37 bits per heavy atom. The largest absolute Gasteiger partial charge is 0.397 e. The number of anilines is 1. The lowest BCUT2D eigenvalue weighted by Gasteiger charge is -2.01. The van der Waals surface area contributed by atoms with Gasteiger partial charge in [0.15, 0.2) is 5.82 Å². The second-order valence-corrected chi connectivity index (χ2v) is 4.84. The van der Waals surface area contributed by atoms with Crippen molar-refractivity contribution < 1.29 is 4.52 Å². The highest BCUT2D eigenvalue weighted by Gasteiger charge is 2.16. The SMILES string of the molecule is Cn1ccnc1-c1noc(-c2cccc(Br)c2N)n1. The third-order valence-corrected chi connectivity index (χ3v) is 3.42. The van der Waals surface area contributed by atoms with E-state index < -0.39 is 0 Å². The lowest BCUT2D eigenvalue weighted by atomic mass is 10.2. The summed E-state index contributed by atoms with van der Waals surface area (Å²) in [6.45, 7) is 0. The maximum atomic E-state index is 5.98. The van der Waals surface area contributed by atoms with Crippen molar-refractivity contribution in [1.29, 1.82) is 0 Å². The second-order valence-electron chi connectivity index (χ2n) is 3.99. The van der Waals surface area contributed by atoms with Gasteiger partial charge in [-0.2, -0.15) is 4.98 Å². The molecule has 19 heavy (non-hydrogen) atoms. The van der Waals surface area contributed by atoms with Crippen LogP contribution in [-0.2, 0) is 7.05 Å². The van der Waals surface area contributed by atoms with Gasteiger partial charge in [-0.1, -0.05) is 11.2 Å². The Morgan fingerprint density at radius 3 is 2.95 bits per heavy atom. The van der Waals surface area contributed by atoms with Crippen LogP contribution in [0.1, 0.15) is 0 Å². The van der Waals surface area contributed by atoms with E-state index in [2.05, 4.69) is 31.1 Å². The normalized spacial score (nSPS) is 10.8. The number of aryl methyl sites for hydroxylation is 1. The molecule has 0 spiro atoms. The summed E-state index contributed by atoms with van der Waals surface area (Å²) in [7, 11) is 1.87. The first-order valence-electron chi connectivity index (χ1n) is 5.52. The average Bonchev–Trinajstić information content (AvgIpc) is 3.01. The number of hydrogen-bond acceptors (Lipinski definition) is 5. The summed E-state index contributed by atoms with van der Waals surface area (Å²) >= 11 is 3.37. The Morgan fingerprint density at radius 2 is 2.21 bits per heavy atom. The van der Waals surface area contributed by atoms with Gasteiger partial charge in [0.05, 0.1) is 11.3 Å². The molecule has 1 aromatic carbocycles. The summed E-state index contributed by atoms with van der Waals surface area (Å²) in [5.74, 6) is 1.45. The number of nitrogens with two attached hydrogens (primary N) is 1. The van der Waals surface area contributed by atoms with E-state index in [1.807, 2.05) is 36.0 Å². The fraction of sp³-hybridized carbons (Fsp3) is 0.0833. The van der Waals surface area contributed by atoms with Crippen LogP contribution >= 0.6 is 15.9 Å². The minimum absolute atomic E-state index is 0.372. The third kappa shape index (κ3) is 2.01. The number of rotatable bonds is 2. The van der Waals surface area contributed by atoms with Crippen LogP contribution in [0.4, 0.5) is 5.69 Å². The molecular weight excluding hydrogens is 310 g/mol. The minimum Gasteiger partial charge on any atom is -0.397 e. The Hall–Kier alpha value is -2.15. The zero-order chi connectivity index (χ0) is 13.4. The molecule has 2 aromatic heterocycles. The molecule has 3 aromatic rings. The van der Waals surface area contributed by atoms with E-state index in [1.165, 1.54) is 0 Å². The summed E-state index contributed by atoms with van der Waals surface area (Å²) in [6.07, 6.45) is 3.50. The van der Waals surface area contributed by atoms with Crippen LogP contribution in [0.3, 0.4) is 0 Å². The van der Waals surface area contributed by atoms with Gasteiger partial charge in [0.25, 0.3) is 5.89 Å². The Labute approximate surface area is 117 Å². The molecule has 7 heteroatoms. The molecule has 0 bridgehead atoms. The number of nitrogen functional groups attached to an aromatic ring is 1. The predicted molar refractivity (Wildman–Crippen MR) is 74.0 cm³/mol. The molecule has 0 aliphatic carbocycles. The zero-order valence-corrected chi connectivity index (χ0v) is 11.6. The Kier molecular flexibility index (Phi) is 2.83. The summed E-state index contributed by atoms with van der Waals surface area (Å²) in [5.41, 5.74) is 7.24. The standard InChI is InChI=1S/C12H10BrN5O/c1-18-6-5-15-11(18)10-16-12(19-17-10)7-3-2-4-8(13)9(7)14/h2-6H,14H2,1H3. The van der Waals surface area contributed by atoms with E-state index in [9.17, 15) is 0 Å². The van der Waals surface area contributed by atoms with Gasteiger partial charge in [0.1, 0.15) is 0 Å². The number of hydrogen-bond donors (Lipinski definition) is 1. The summed E-state index contributed by atoms with van der Waals surface area (Å²) in [4.78, 5) is 8.49. The van der Waals surface area contributed by atoms with Gasteiger partial charge >= 0.3 is 0 Å². The Bertz CT molecular complexity index is 733. The van der Waals surface area contributed by atoms with Gasteiger partial charge in [0, 0.05) is 23.9 Å². The maximum Gasteiger partial charge on any atom is 0.260 e. The van der Waals surface area contributed by atoms with E-state index in [1.54, 1.807) is 6.20 Å². The highest BCUT2D eigenvalue weighted by atomic mass is 79.9. The van der Waals surface area contributed by atoms with Gasteiger partial charge in [-0.05, 0) is 28.1 Å². The number of benzene rings is 1. The van der Waals surface area contributed by atoms with Crippen LogP contribution in [0.5, 0.6) is 0 Å². The predicted octanol–water partition coefficient (Wildman–Crippen LogP) is 2.48. The minimum atomic E-state index is 0.372. The lowest BCUT2D eigenvalue weighted by Crippen LogP contribution is -1.93. The lowest BCUT2D eigenvalue weighted by molar-refractivity contribution is 0.432. The van der Waals surface area contributed by atoms with E-state index in [0.29, 0.717) is 28.8 Å². The number of nitrogens with zero attached hydrogens (tertiary/aromatic N) is 4.